The maximum absolute atomic E-state index is 13.3. The van der Waals surface area contributed by atoms with Gasteiger partial charge in [-0.3, -0.25) is 4.31 Å². The average molecular weight is 367 g/mol. The van der Waals surface area contributed by atoms with Crippen molar-refractivity contribution in [1.29, 1.82) is 0 Å². The van der Waals surface area contributed by atoms with E-state index in [0.717, 1.165) is 33.7 Å². The van der Waals surface area contributed by atoms with Crippen LogP contribution in [0.1, 0.15) is 21.5 Å². The number of anilines is 1. The van der Waals surface area contributed by atoms with Crippen LogP contribution < -0.4 is 4.31 Å². The molecular formula is C20H17NO4S. The number of sulfonamides is 1. The standard InChI is InChI=1S/C20H17NO4S/c1-21(17-8-3-2-6-15(17)20(22)23)26(24,25)18-12-11-14-10-9-13-5-4-7-16(18)19(13)14/h2-8,11-12H,9-10H2,1H3,(H,22,23). The SMILES string of the molecule is CN(c1ccccc1C(=O)O)S(=O)(=O)c1ccc2c3c(cccc13)CC2. The van der Waals surface area contributed by atoms with E-state index in [4.69, 9.17) is 0 Å². The van der Waals surface area contributed by atoms with Gasteiger partial charge in [0, 0.05) is 12.4 Å². The van der Waals surface area contributed by atoms with Gasteiger partial charge in [0.25, 0.3) is 10.0 Å². The molecule has 1 aliphatic rings. The molecule has 132 valence electrons. The van der Waals surface area contributed by atoms with E-state index in [2.05, 4.69) is 0 Å². The average Bonchev–Trinajstić information content (AvgIpc) is 3.06. The molecule has 26 heavy (non-hydrogen) atoms. The molecule has 0 saturated carbocycles. The molecule has 3 aromatic carbocycles. The van der Waals surface area contributed by atoms with E-state index >= 15 is 0 Å². The third kappa shape index (κ3) is 2.37. The van der Waals surface area contributed by atoms with Crippen LogP contribution in [-0.2, 0) is 22.9 Å². The molecule has 0 spiro atoms. The molecule has 0 amide bonds. The number of aromatic carboxylic acids is 1. The van der Waals surface area contributed by atoms with Gasteiger partial charge in [-0.15, -0.1) is 0 Å². The van der Waals surface area contributed by atoms with Crippen molar-refractivity contribution in [2.75, 3.05) is 11.4 Å². The fourth-order valence-electron chi connectivity index (χ4n) is 3.65. The third-order valence-electron chi connectivity index (χ3n) is 4.95. The minimum atomic E-state index is -3.91. The lowest BCUT2D eigenvalue weighted by molar-refractivity contribution is 0.0698. The van der Waals surface area contributed by atoms with Gasteiger partial charge in [0.2, 0.25) is 0 Å². The smallest absolute Gasteiger partial charge is 0.337 e. The van der Waals surface area contributed by atoms with Crippen molar-refractivity contribution in [1.82, 2.24) is 0 Å². The molecule has 0 aliphatic heterocycles. The number of carboxylic acids is 1. The molecular weight excluding hydrogens is 350 g/mol. The topological polar surface area (TPSA) is 74.7 Å². The van der Waals surface area contributed by atoms with E-state index in [1.807, 2.05) is 24.3 Å². The zero-order chi connectivity index (χ0) is 18.5. The number of aryl methyl sites for hydroxylation is 2. The summed E-state index contributed by atoms with van der Waals surface area (Å²) in [5, 5.41) is 11.1. The van der Waals surface area contributed by atoms with E-state index in [9.17, 15) is 18.3 Å². The number of carbonyl (C=O) groups is 1. The Kier molecular flexibility index (Phi) is 3.73. The van der Waals surface area contributed by atoms with E-state index in [0.29, 0.717) is 5.39 Å². The second-order valence-corrected chi connectivity index (χ2v) is 8.30. The Hall–Kier alpha value is -2.86. The van der Waals surface area contributed by atoms with Crippen LogP contribution in [0.3, 0.4) is 0 Å². The van der Waals surface area contributed by atoms with Gasteiger partial charge < -0.3 is 5.11 Å². The fourth-order valence-corrected chi connectivity index (χ4v) is 5.05. The minimum absolute atomic E-state index is 0.0514. The number of hydrogen-bond donors (Lipinski definition) is 1. The highest BCUT2D eigenvalue weighted by Crippen LogP contribution is 2.36. The molecule has 1 aliphatic carbocycles. The van der Waals surface area contributed by atoms with Crippen LogP contribution in [-0.4, -0.2) is 26.5 Å². The van der Waals surface area contributed by atoms with Crippen LogP contribution in [0.25, 0.3) is 10.8 Å². The molecule has 5 nitrogen and oxygen atoms in total. The summed E-state index contributed by atoms with van der Waals surface area (Å²) in [7, 11) is -2.52. The Labute approximate surface area is 151 Å². The number of rotatable bonds is 4. The number of hydrogen-bond acceptors (Lipinski definition) is 3. The van der Waals surface area contributed by atoms with Crippen LogP contribution in [0, 0.1) is 0 Å². The van der Waals surface area contributed by atoms with Gasteiger partial charge in [-0.05, 0) is 47.6 Å². The number of benzene rings is 3. The largest absolute Gasteiger partial charge is 0.478 e. The molecule has 0 fully saturated rings. The van der Waals surface area contributed by atoms with Gasteiger partial charge in [-0.1, -0.05) is 36.4 Å². The van der Waals surface area contributed by atoms with Crippen molar-refractivity contribution in [2.24, 2.45) is 0 Å². The van der Waals surface area contributed by atoms with Crippen molar-refractivity contribution in [3.05, 3.63) is 71.3 Å². The van der Waals surface area contributed by atoms with Crippen molar-refractivity contribution >= 4 is 32.5 Å². The second-order valence-electron chi connectivity index (χ2n) is 6.36. The fraction of sp³-hybridized carbons (Fsp3) is 0.150. The molecule has 0 saturated heterocycles. The van der Waals surface area contributed by atoms with Crippen molar-refractivity contribution in [2.45, 2.75) is 17.7 Å². The highest BCUT2D eigenvalue weighted by atomic mass is 32.2. The van der Waals surface area contributed by atoms with E-state index in [1.54, 1.807) is 18.2 Å². The summed E-state index contributed by atoms with van der Waals surface area (Å²) in [6.07, 6.45) is 1.82. The molecule has 3 aromatic rings. The summed E-state index contributed by atoms with van der Waals surface area (Å²) in [5.74, 6) is -1.16. The van der Waals surface area contributed by atoms with Crippen molar-refractivity contribution in [3.8, 4) is 0 Å². The molecule has 0 unspecified atom stereocenters. The van der Waals surface area contributed by atoms with E-state index in [1.165, 1.54) is 19.2 Å². The van der Waals surface area contributed by atoms with Crippen LogP contribution in [0.2, 0.25) is 0 Å². The molecule has 4 rings (SSSR count). The zero-order valence-corrected chi connectivity index (χ0v) is 15.0. The summed E-state index contributed by atoms with van der Waals surface area (Å²) >= 11 is 0. The summed E-state index contributed by atoms with van der Waals surface area (Å²) in [6, 6.07) is 15.3. The monoisotopic (exact) mass is 367 g/mol. The van der Waals surface area contributed by atoms with Crippen LogP contribution in [0.4, 0.5) is 5.69 Å². The summed E-state index contributed by atoms with van der Waals surface area (Å²) in [4.78, 5) is 11.7. The first kappa shape index (κ1) is 16.6. The maximum atomic E-state index is 13.3. The highest BCUT2D eigenvalue weighted by molar-refractivity contribution is 7.93. The van der Waals surface area contributed by atoms with Crippen molar-refractivity contribution in [3.63, 3.8) is 0 Å². The van der Waals surface area contributed by atoms with Gasteiger partial charge in [-0.25, -0.2) is 13.2 Å². The Morgan fingerprint density at radius 1 is 0.962 bits per heavy atom. The van der Waals surface area contributed by atoms with Gasteiger partial charge >= 0.3 is 5.97 Å². The first-order chi connectivity index (χ1) is 12.4. The van der Waals surface area contributed by atoms with E-state index < -0.39 is 16.0 Å². The predicted octanol–water partition coefficient (Wildman–Crippen LogP) is 3.46. The maximum Gasteiger partial charge on any atom is 0.337 e. The first-order valence-electron chi connectivity index (χ1n) is 8.26. The molecule has 0 aromatic heterocycles. The lowest BCUT2D eigenvalue weighted by Crippen LogP contribution is -2.28. The Morgan fingerprint density at radius 2 is 1.65 bits per heavy atom. The highest BCUT2D eigenvalue weighted by Gasteiger charge is 2.28. The molecule has 0 radical (unpaired) electrons. The summed E-state index contributed by atoms with van der Waals surface area (Å²) < 4.78 is 27.6. The molecule has 0 heterocycles. The Bertz CT molecular complexity index is 1140. The first-order valence-corrected chi connectivity index (χ1v) is 9.70. The van der Waals surface area contributed by atoms with Gasteiger partial charge in [0.05, 0.1) is 16.1 Å². The number of para-hydroxylation sites is 1. The third-order valence-corrected chi connectivity index (χ3v) is 6.78. The second kappa shape index (κ2) is 5.85. The van der Waals surface area contributed by atoms with Crippen LogP contribution >= 0.6 is 0 Å². The van der Waals surface area contributed by atoms with Gasteiger partial charge in [0.1, 0.15) is 0 Å². The quantitative estimate of drug-likeness (QED) is 0.766. The summed E-state index contributed by atoms with van der Waals surface area (Å²) in [6.45, 7) is 0. The normalized spacial score (nSPS) is 13.1. The molecule has 0 atom stereocenters. The van der Waals surface area contributed by atoms with E-state index in [-0.39, 0.29) is 16.1 Å². The van der Waals surface area contributed by atoms with Crippen LogP contribution in [0.15, 0.2) is 59.5 Å². The minimum Gasteiger partial charge on any atom is -0.478 e. The number of nitrogens with zero attached hydrogens (tertiary/aromatic N) is 1. The Morgan fingerprint density at radius 3 is 2.38 bits per heavy atom. The van der Waals surface area contributed by atoms with Gasteiger partial charge in [-0.2, -0.15) is 0 Å². The molecule has 0 bridgehead atoms. The molecule has 6 heteroatoms. The lowest BCUT2D eigenvalue weighted by Gasteiger charge is -2.22. The van der Waals surface area contributed by atoms with Crippen molar-refractivity contribution < 1.29 is 18.3 Å². The van der Waals surface area contributed by atoms with Gasteiger partial charge in [0.15, 0.2) is 0 Å². The Balaban J connectivity index is 1.92. The molecule has 1 N–H and O–H groups in total. The lowest BCUT2D eigenvalue weighted by atomic mass is 10.1. The zero-order valence-electron chi connectivity index (χ0n) is 14.1. The predicted molar refractivity (Wildman–Crippen MR) is 100 cm³/mol. The van der Waals surface area contributed by atoms with Crippen LogP contribution in [0.5, 0.6) is 0 Å². The number of carboxylic acid groups (broad SMARTS) is 1. The summed E-state index contributed by atoms with van der Waals surface area (Å²) in [5.41, 5.74) is 2.40.